The maximum atomic E-state index is 4.12. The molecule has 2 heterocycles. The fourth-order valence-corrected chi connectivity index (χ4v) is 2.24. The fourth-order valence-electron chi connectivity index (χ4n) is 2.24. The highest BCUT2D eigenvalue weighted by atomic mass is 15.1. The number of hydrogen-bond acceptors (Lipinski definition) is 3. The van der Waals surface area contributed by atoms with Gasteiger partial charge in [-0.3, -0.25) is 4.98 Å². The Morgan fingerprint density at radius 3 is 3.13 bits per heavy atom. The number of aromatic nitrogens is 1. The molecule has 2 rings (SSSR count). The number of nitrogens with one attached hydrogen (secondary N) is 1. The second-order valence-electron chi connectivity index (χ2n) is 4.34. The second-order valence-corrected chi connectivity index (χ2v) is 4.34. The van der Waals surface area contributed by atoms with Gasteiger partial charge >= 0.3 is 0 Å². The highest BCUT2D eigenvalue weighted by molar-refractivity contribution is 5.50. The number of rotatable bonds is 3. The molecule has 82 valence electrons. The van der Waals surface area contributed by atoms with Gasteiger partial charge in [-0.15, -0.1) is 0 Å². The molecule has 3 heteroatoms. The first-order valence-corrected chi connectivity index (χ1v) is 5.62. The van der Waals surface area contributed by atoms with Crippen LogP contribution in [0.1, 0.15) is 18.4 Å². The Morgan fingerprint density at radius 1 is 1.60 bits per heavy atom. The van der Waals surface area contributed by atoms with Gasteiger partial charge in [0.2, 0.25) is 0 Å². The van der Waals surface area contributed by atoms with Crippen LogP contribution in [0.2, 0.25) is 0 Å². The normalized spacial score (nSPS) is 20.5. The molecular weight excluding hydrogens is 186 g/mol. The van der Waals surface area contributed by atoms with Crippen molar-refractivity contribution in [2.45, 2.75) is 25.8 Å². The van der Waals surface area contributed by atoms with E-state index in [2.05, 4.69) is 35.2 Å². The third-order valence-electron chi connectivity index (χ3n) is 3.06. The Balaban J connectivity index is 2.00. The number of aryl methyl sites for hydroxylation is 1. The summed E-state index contributed by atoms with van der Waals surface area (Å²) in [6.07, 6.45) is 6.40. The van der Waals surface area contributed by atoms with Gasteiger partial charge in [0, 0.05) is 37.7 Å². The van der Waals surface area contributed by atoms with Crippen molar-refractivity contribution in [1.29, 1.82) is 0 Å². The Bertz CT molecular complexity index is 318. The van der Waals surface area contributed by atoms with Crippen LogP contribution in [0.3, 0.4) is 0 Å². The van der Waals surface area contributed by atoms with Gasteiger partial charge in [-0.1, -0.05) is 0 Å². The Morgan fingerprint density at radius 2 is 2.47 bits per heavy atom. The van der Waals surface area contributed by atoms with Gasteiger partial charge in [0.1, 0.15) is 0 Å². The molecule has 1 aliphatic heterocycles. The molecule has 1 fully saturated rings. The van der Waals surface area contributed by atoms with Crippen molar-refractivity contribution in [3.05, 3.63) is 24.0 Å². The highest BCUT2D eigenvalue weighted by Crippen LogP contribution is 2.18. The van der Waals surface area contributed by atoms with Crippen LogP contribution in [0, 0.1) is 6.92 Å². The lowest BCUT2D eigenvalue weighted by atomic mass is 10.2. The lowest BCUT2D eigenvalue weighted by Gasteiger charge is -2.24. The number of hydrogen-bond donors (Lipinski definition) is 1. The van der Waals surface area contributed by atoms with Crippen molar-refractivity contribution in [2.24, 2.45) is 0 Å². The Labute approximate surface area is 91.5 Å². The summed E-state index contributed by atoms with van der Waals surface area (Å²) >= 11 is 0. The summed E-state index contributed by atoms with van der Waals surface area (Å²) in [6.45, 7) is 4.37. The number of anilines is 1. The summed E-state index contributed by atoms with van der Waals surface area (Å²) in [4.78, 5) is 6.44. The first-order chi connectivity index (χ1) is 7.27. The van der Waals surface area contributed by atoms with Crippen molar-refractivity contribution >= 4 is 5.69 Å². The van der Waals surface area contributed by atoms with E-state index in [0.717, 1.165) is 6.54 Å². The van der Waals surface area contributed by atoms with E-state index in [1.54, 1.807) is 0 Å². The van der Waals surface area contributed by atoms with Crippen molar-refractivity contribution in [2.75, 3.05) is 25.0 Å². The maximum Gasteiger partial charge on any atom is 0.0424 e. The topological polar surface area (TPSA) is 28.2 Å². The lowest BCUT2D eigenvalue weighted by Crippen LogP contribution is -2.35. The zero-order chi connectivity index (χ0) is 10.7. The third-order valence-corrected chi connectivity index (χ3v) is 3.06. The molecule has 1 aromatic rings. The Hall–Kier alpha value is -1.09. The van der Waals surface area contributed by atoms with E-state index in [1.807, 2.05) is 12.4 Å². The molecule has 0 saturated carbocycles. The van der Waals surface area contributed by atoms with Gasteiger partial charge in [0.05, 0.1) is 0 Å². The van der Waals surface area contributed by atoms with Gasteiger partial charge < -0.3 is 10.2 Å². The molecule has 1 aromatic heterocycles. The van der Waals surface area contributed by atoms with E-state index >= 15 is 0 Å². The summed E-state index contributed by atoms with van der Waals surface area (Å²) in [6, 6.07) is 2.74. The van der Waals surface area contributed by atoms with Crippen LogP contribution >= 0.6 is 0 Å². The second kappa shape index (κ2) is 4.62. The number of nitrogens with zero attached hydrogens (tertiary/aromatic N) is 2. The zero-order valence-corrected chi connectivity index (χ0v) is 9.53. The third kappa shape index (κ3) is 2.48. The summed E-state index contributed by atoms with van der Waals surface area (Å²) in [7, 11) is 2.16. The number of pyridine rings is 1. The molecule has 1 unspecified atom stereocenters. The number of likely N-dealkylation sites (N-methyl/N-ethyl adjacent to an activating group) is 1. The minimum atomic E-state index is 0.655. The van der Waals surface area contributed by atoms with Crippen molar-refractivity contribution in [3.63, 3.8) is 0 Å². The zero-order valence-electron chi connectivity index (χ0n) is 9.53. The summed E-state index contributed by atoms with van der Waals surface area (Å²) in [5.74, 6) is 0. The summed E-state index contributed by atoms with van der Waals surface area (Å²) in [5, 5.41) is 3.52. The van der Waals surface area contributed by atoms with E-state index in [1.165, 1.54) is 30.6 Å². The van der Waals surface area contributed by atoms with E-state index < -0.39 is 0 Å². The van der Waals surface area contributed by atoms with E-state index in [-0.39, 0.29) is 0 Å². The van der Waals surface area contributed by atoms with Crippen molar-refractivity contribution in [3.8, 4) is 0 Å². The standard InChI is InChI=1S/C12H19N3/c1-10-8-13-7-5-12(10)15(2)9-11-4-3-6-14-11/h5,7-8,11,14H,3-4,6,9H2,1-2H3. The quantitative estimate of drug-likeness (QED) is 0.812. The first kappa shape index (κ1) is 10.4. The SMILES string of the molecule is Cc1cnccc1N(C)CC1CCCN1. The molecule has 1 aliphatic rings. The molecular formula is C12H19N3. The van der Waals surface area contributed by atoms with E-state index in [9.17, 15) is 0 Å². The molecule has 1 N–H and O–H groups in total. The minimum Gasteiger partial charge on any atom is -0.373 e. The van der Waals surface area contributed by atoms with E-state index in [0.29, 0.717) is 6.04 Å². The lowest BCUT2D eigenvalue weighted by molar-refractivity contribution is 0.599. The maximum absolute atomic E-state index is 4.12. The molecule has 15 heavy (non-hydrogen) atoms. The van der Waals surface area contributed by atoms with Crippen LogP contribution in [0.25, 0.3) is 0 Å². The van der Waals surface area contributed by atoms with Crippen molar-refractivity contribution in [1.82, 2.24) is 10.3 Å². The minimum absolute atomic E-state index is 0.655. The average Bonchev–Trinajstić information content (AvgIpc) is 2.71. The molecule has 0 bridgehead atoms. The smallest absolute Gasteiger partial charge is 0.0424 e. The van der Waals surface area contributed by atoms with Gasteiger partial charge in [-0.2, -0.15) is 0 Å². The molecule has 0 aromatic carbocycles. The first-order valence-electron chi connectivity index (χ1n) is 5.62. The van der Waals surface area contributed by atoms with Crippen LogP contribution in [-0.2, 0) is 0 Å². The van der Waals surface area contributed by atoms with Crippen LogP contribution in [0.4, 0.5) is 5.69 Å². The van der Waals surface area contributed by atoms with Crippen LogP contribution in [0.15, 0.2) is 18.5 Å². The van der Waals surface area contributed by atoms with Gasteiger partial charge in [0.25, 0.3) is 0 Å². The predicted molar refractivity (Wildman–Crippen MR) is 63.3 cm³/mol. The average molecular weight is 205 g/mol. The van der Waals surface area contributed by atoms with Crippen LogP contribution in [-0.4, -0.2) is 31.2 Å². The molecule has 0 spiro atoms. The monoisotopic (exact) mass is 205 g/mol. The van der Waals surface area contributed by atoms with Crippen LogP contribution in [0.5, 0.6) is 0 Å². The largest absolute Gasteiger partial charge is 0.373 e. The summed E-state index contributed by atoms with van der Waals surface area (Å²) in [5.41, 5.74) is 2.54. The highest BCUT2D eigenvalue weighted by Gasteiger charge is 2.16. The molecule has 0 aliphatic carbocycles. The predicted octanol–water partition coefficient (Wildman–Crippen LogP) is 1.58. The molecule has 1 saturated heterocycles. The molecule has 0 radical (unpaired) electrons. The Kier molecular flexibility index (Phi) is 3.21. The van der Waals surface area contributed by atoms with Crippen molar-refractivity contribution < 1.29 is 0 Å². The van der Waals surface area contributed by atoms with E-state index in [4.69, 9.17) is 0 Å². The van der Waals surface area contributed by atoms with Crippen LogP contribution < -0.4 is 10.2 Å². The van der Waals surface area contributed by atoms with Gasteiger partial charge in [-0.05, 0) is 37.9 Å². The van der Waals surface area contributed by atoms with Gasteiger partial charge in [0.15, 0.2) is 0 Å². The molecule has 0 amide bonds. The fraction of sp³-hybridized carbons (Fsp3) is 0.583. The molecule has 3 nitrogen and oxygen atoms in total. The molecule has 1 atom stereocenters. The summed E-state index contributed by atoms with van der Waals surface area (Å²) < 4.78 is 0. The van der Waals surface area contributed by atoms with Gasteiger partial charge in [-0.25, -0.2) is 0 Å².